The summed E-state index contributed by atoms with van der Waals surface area (Å²) in [5.41, 5.74) is 2.85. The van der Waals surface area contributed by atoms with E-state index in [9.17, 15) is 4.79 Å². The van der Waals surface area contributed by atoms with Crippen LogP contribution in [0.2, 0.25) is 5.02 Å². The second-order valence-corrected chi connectivity index (χ2v) is 8.01. The van der Waals surface area contributed by atoms with Crippen LogP contribution in [-0.4, -0.2) is 11.9 Å². The number of rotatable bonds is 5. The van der Waals surface area contributed by atoms with Crippen molar-refractivity contribution in [3.8, 4) is 5.75 Å². The number of hydrogen-bond acceptors (Lipinski definition) is 4. The Labute approximate surface area is 187 Å². The van der Waals surface area contributed by atoms with Crippen LogP contribution in [0.5, 0.6) is 5.75 Å². The summed E-state index contributed by atoms with van der Waals surface area (Å²) in [7, 11) is 0. The van der Waals surface area contributed by atoms with Gasteiger partial charge < -0.3 is 9.47 Å². The first kappa shape index (κ1) is 19.7. The summed E-state index contributed by atoms with van der Waals surface area (Å²) in [4.78, 5) is 16.5. The molecule has 0 fully saturated rings. The number of aliphatic imine (C=N–C) groups is 1. The molecular formula is C23H15ClINO3. The van der Waals surface area contributed by atoms with E-state index in [0.29, 0.717) is 23.3 Å². The maximum Gasteiger partial charge on any atom is 0.363 e. The van der Waals surface area contributed by atoms with E-state index >= 15 is 0 Å². The molecule has 4 rings (SSSR count). The summed E-state index contributed by atoms with van der Waals surface area (Å²) >= 11 is 8.12. The fourth-order valence-electron chi connectivity index (χ4n) is 2.72. The molecule has 0 aliphatic carbocycles. The van der Waals surface area contributed by atoms with E-state index in [1.54, 1.807) is 6.08 Å². The van der Waals surface area contributed by atoms with Crippen molar-refractivity contribution in [3.05, 3.63) is 104 Å². The lowest BCUT2D eigenvalue weighted by Gasteiger charge is -2.07. The summed E-state index contributed by atoms with van der Waals surface area (Å²) in [5.74, 6) is 0.543. The molecule has 0 amide bonds. The second-order valence-electron chi connectivity index (χ2n) is 6.33. The predicted octanol–water partition coefficient (Wildman–Crippen LogP) is 5.87. The molecule has 4 nitrogen and oxygen atoms in total. The van der Waals surface area contributed by atoms with E-state index in [1.807, 2.05) is 72.8 Å². The van der Waals surface area contributed by atoms with Gasteiger partial charge in [-0.2, -0.15) is 0 Å². The van der Waals surface area contributed by atoms with Gasteiger partial charge in [0.15, 0.2) is 5.70 Å². The van der Waals surface area contributed by atoms with Gasteiger partial charge in [0.05, 0.1) is 0 Å². The van der Waals surface area contributed by atoms with Crippen LogP contribution in [0, 0.1) is 3.57 Å². The molecule has 29 heavy (non-hydrogen) atoms. The van der Waals surface area contributed by atoms with Crippen LogP contribution in [0.1, 0.15) is 16.7 Å². The van der Waals surface area contributed by atoms with Gasteiger partial charge >= 0.3 is 5.97 Å². The Morgan fingerprint density at radius 2 is 1.79 bits per heavy atom. The summed E-state index contributed by atoms with van der Waals surface area (Å²) < 4.78 is 12.3. The molecule has 0 unspecified atom stereocenters. The van der Waals surface area contributed by atoms with Crippen molar-refractivity contribution in [2.75, 3.05) is 0 Å². The Morgan fingerprint density at radius 1 is 1.03 bits per heavy atom. The van der Waals surface area contributed by atoms with Crippen LogP contribution in [0.25, 0.3) is 6.08 Å². The normalized spacial score (nSPS) is 14.6. The van der Waals surface area contributed by atoms with Crippen molar-refractivity contribution in [2.45, 2.75) is 6.61 Å². The van der Waals surface area contributed by atoms with Gasteiger partial charge in [-0.3, -0.25) is 0 Å². The van der Waals surface area contributed by atoms with Crippen LogP contribution in [-0.2, 0) is 16.1 Å². The maximum atomic E-state index is 12.2. The quantitative estimate of drug-likeness (QED) is 0.243. The monoisotopic (exact) mass is 515 g/mol. The topological polar surface area (TPSA) is 47.9 Å². The number of ether oxygens (including phenoxy) is 2. The van der Waals surface area contributed by atoms with Crippen LogP contribution in [0.4, 0.5) is 0 Å². The van der Waals surface area contributed by atoms with E-state index in [0.717, 1.165) is 20.3 Å². The van der Waals surface area contributed by atoms with Crippen LogP contribution >= 0.6 is 34.2 Å². The minimum atomic E-state index is -0.467. The Morgan fingerprint density at radius 3 is 2.55 bits per heavy atom. The van der Waals surface area contributed by atoms with Crippen molar-refractivity contribution < 1.29 is 14.3 Å². The molecule has 0 saturated carbocycles. The number of benzene rings is 3. The lowest BCUT2D eigenvalue weighted by atomic mass is 10.2. The van der Waals surface area contributed by atoms with Gasteiger partial charge in [-0.05, 0) is 88.3 Å². The smallest absolute Gasteiger partial charge is 0.363 e. The molecule has 0 aromatic heterocycles. The number of cyclic esters (lactones) is 1. The lowest BCUT2D eigenvalue weighted by molar-refractivity contribution is -0.129. The third kappa shape index (κ3) is 5.05. The molecule has 1 aliphatic rings. The Kier molecular flexibility index (Phi) is 5.97. The minimum absolute atomic E-state index is 0.258. The van der Waals surface area contributed by atoms with Crippen molar-refractivity contribution in [3.63, 3.8) is 0 Å². The first-order chi connectivity index (χ1) is 14.1. The maximum absolute atomic E-state index is 12.2. The molecule has 6 heteroatoms. The number of hydrogen-bond donors (Lipinski definition) is 0. The number of esters is 1. The molecular weight excluding hydrogens is 501 g/mol. The summed E-state index contributed by atoms with van der Waals surface area (Å²) in [6.45, 7) is 0.425. The van der Waals surface area contributed by atoms with Crippen LogP contribution < -0.4 is 4.74 Å². The summed E-state index contributed by atoms with van der Waals surface area (Å²) in [5, 5.41) is 0.691. The number of carbonyl (C=O) groups excluding carboxylic acids is 1. The average Bonchev–Trinajstić information content (AvgIpc) is 3.09. The average molecular weight is 516 g/mol. The molecule has 0 atom stereocenters. The van der Waals surface area contributed by atoms with Gasteiger partial charge in [-0.25, -0.2) is 9.79 Å². The third-order valence-corrected chi connectivity index (χ3v) is 5.16. The molecule has 0 saturated heterocycles. The van der Waals surface area contributed by atoms with Gasteiger partial charge in [0.1, 0.15) is 12.4 Å². The minimum Gasteiger partial charge on any atom is -0.489 e. The van der Waals surface area contributed by atoms with E-state index in [-0.39, 0.29) is 5.70 Å². The SMILES string of the molecule is O=C1OC(c2ccc(I)cc2)=N/C1=C\c1cccc(OCc2ccc(Cl)cc2)c1. The molecule has 3 aromatic carbocycles. The molecule has 0 radical (unpaired) electrons. The van der Waals surface area contributed by atoms with Crippen LogP contribution in [0.15, 0.2) is 83.5 Å². The fourth-order valence-corrected chi connectivity index (χ4v) is 3.21. The highest BCUT2D eigenvalue weighted by Gasteiger charge is 2.24. The first-order valence-corrected chi connectivity index (χ1v) is 10.3. The van der Waals surface area contributed by atoms with Crippen molar-refractivity contribution in [1.82, 2.24) is 0 Å². The molecule has 1 heterocycles. The highest BCUT2D eigenvalue weighted by Crippen LogP contribution is 2.22. The van der Waals surface area contributed by atoms with E-state index in [4.69, 9.17) is 21.1 Å². The van der Waals surface area contributed by atoms with Gasteiger partial charge in [0.2, 0.25) is 5.90 Å². The van der Waals surface area contributed by atoms with Crippen molar-refractivity contribution >= 4 is 52.1 Å². The standard InChI is InChI=1S/C23H15ClINO3/c24-18-8-4-15(5-9-18)14-28-20-3-1-2-16(12-20)13-21-23(27)29-22(26-21)17-6-10-19(25)11-7-17/h1-13H,14H2/b21-13-. The number of carbonyl (C=O) groups is 1. The zero-order valence-corrected chi connectivity index (χ0v) is 18.1. The molecule has 0 N–H and O–H groups in total. The molecule has 144 valence electrons. The van der Waals surface area contributed by atoms with E-state index in [1.165, 1.54) is 0 Å². The summed E-state index contributed by atoms with van der Waals surface area (Å²) in [6, 6.07) is 22.6. The van der Waals surface area contributed by atoms with E-state index in [2.05, 4.69) is 27.6 Å². The Bertz CT molecular complexity index is 1110. The third-order valence-electron chi connectivity index (χ3n) is 4.19. The largest absolute Gasteiger partial charge is 0.489 e. The van der Waals surface area contributed by atoms with Crippen molar-refractivity contribution in [1.29, 1.82) is 0 Å². The van der Waals surface area contributed by atoms with Gasteiger partial charge in [0.25, 0.3) is 0 Å². The van der Waals surface area contributed by atoms with Gasteiger partial charge in [0, 0.05) is 14.2 Å². The van der Waals surface area contributed by atoms with Crippen LogP contribution in [0.3, 0.4) is 0 Å². The highest BCUT2D eigenvalue weighted by molar-refractivity contribution is 14.1. The molecule has 3 aromatic rings. The molecule has 0 bridgehead atoms. The second kappa shape index (κ2) is 8.80. The van der Waals surface area contributed by atoms with Gasteiger partial charge in [-0.15, -0.1) is 0 Å². The lowest BCUT2D eigenvalue weighted by Crippen LogP contribution is -2.05. The Hall–Kier alpha value is -2.64. The number of nitrogens with zero attached hydrogens (tertiary/aromatic N) is 1. The van der Waals surface area contributed by atoms with Gasteiger partial charge in [-0.1, -0.05) is 35.9 Å². The molecule has 1 aliphatic heterocycles. The van der Waals surface area contributed by atoms with E-state index < -0.39 is 5.97 Å². The Balaban J connectivity index is 1.50. The highest BCUT2D eigenvalue weighted by atomic mass is 127. The number of halogens is 2. The van der Waals surface area contributed by atoms with Crippen molar-refractivity contribution in [2.24, 2.45) is 4.99 Å². The predicted molar refractivity (Wildman–Crippen MR) is 122 cm³/mol. The first-order valence-electron chi connectivity index (χ1n) is 8.83. The summed E-state index contributed by atoms with van der Waals surface area (Å²) in [6.07, 6.45) is 1.69. The molecule has 0 spiro atoms. The zero-order chi connectivity index (χ0) is 20.2. The zero-order valence-electron chi connectivity index (χ0n) is 15.1. The fraction of sp³-hybridized carbons (Fsp3) is 0.0435.